The number of nitrogens with one attached hydrogen (secondary N) is 1. The van der Waals surface area contributed by atoms with E-state index in [2.05, 4.69) is 37.4 Å². The van der Waals surface area contributed by atoms with Crippen molar-refractivity contribution in [3.63, 3.8) is 0 Å². The Morgan fingerprint density at radius 2 is 2.20 bits per heavy atom. The van der Waals surface area contributed by atoms with E-state index in [0.29, 0.717) is 5.92 Å². The van der Waals surface area contributed by atoms with Crippen LogP contribution in [0.4, 0.5) is 0 Å². The minimum atomic E-state index is -0.0923. The molecule has 2 N–H and O–H groups in total. The molecule has 0 amide bonds. The molecule has 0 aromatic heterocycles. The third-order valence-electron chi connectivity index (χ3n) is 4.80. The van der Waals surface area contributed by atoms with Crippen LogP contribution in [0.15, 0.2) is 18.2 Å². The van der Waals surface area contributed by atoms with Crippen molar-refractivity contribution in [1.82, 2.24) is 5.32 Å². The van der Waals surface area contributed by atoms with Crippen molar-refractivity contribution in [2.24, 2.45) is 5.92 Å². The van der Waals surface area contributed by atoms with Gasteiger partial charge in [0.25, 0.3) is 0 Å². The van der Waals surface area contributed by atoms with Gasteiger partial charge in [0.15, 0.2) is 0 Å². The van der Waals surface area contributed by atoms with Gasteiger partial charge in [-0.2, -0.15) is 0 Å². The lowest BCUT2D eigenvalue weighted by atomic mass is 9.86. The van der Waals surface area contributed by atoms with Gasteiger partial charge in [-0.05, 0) is 63.3 Å². The van der Waals surface area contributed by atoms with E-state index in [1.165, 1.54) is 24.0 Å². The van der Waals surface area contributed by atoms with Gasteiger partial charge in [0.05, 0.1) is 13.2 Å². The number of ether oxygens (including phenoxy) is 1. The fraction of sp³-hybridized carbons (Fsp3) is 0.647. The van der Waals surface area contributed by atoms with Crippen LogP contribution in [0, 0.1) is 19.8 Å². The predicted molar refractivity (Wildman–Crippen MR) is 82.2 cm³/mol. The normalized spacial score (nSPS) is 25.9. The van der Waals surface area contributed by atoms with Gasteiger partial charge >= 0.3 is 0 Å². The molecular weight excluding hydrogens is 250 g/mol. The molecule has 3 heteroatoms. The number of hydrogen-bond acceptors (Lipinski definition) is 3. The first-order chi connectivity index (χ1) is 9.61. The van der Waals surface area contributed by atoms with E-state index in [9.17, 15) is 5.11 Å². The molecule has 2 unspecified atom stereocenters. The largest absolute Gasteiger partial charge is 0.493 e. The molecule has 0 saturated heterocycles. The standard InChI is InChI=1S/C17H27NO2/c1-13-6-7-14(2)16(11-13)20-10-8-15-5-4-9-17(15,12-19)18-3/h6-7,11,15,18-19H,4-5,8-10,12H2,1-3H3. The van der Waals surface area contributed by atoms with E-state index in [0.717, 1.165) is 25.2 Å². The Kier molecular flexibility index (Phi) is 5.06. The average molecular weight is 277 g/mol. The second-order valence-corrected chi connectivity index (χ2v) is 6.06. The molecule has 0 aliphatic heterocycles. The van der Waals surface area contributed by atoms with Gasteiger partial charge in [-0.1, -0.05) is 18.6 Å². The number of aliphatic hydroxyl groups excluding tert-OH is 1. The van der Waals surface area contributed by atoms with E-state index in [1.54, 1.807) is 0 Å². The zero-order chi connectivity index (χ0) is 14.6. The molecule has 1 saturated carbocycles. The zero-order valence-electron chi connectivity index (χ0n) is 12.9. The molecule has 1 aliphatic carbocycles. The smallest absolute Gasteiger partial charge is 0.122 e. The Morgan fingerprint density at radius 1 is 1.40 bits per heavy atom. The quantitative estimate of drug-likeness (QED) is 0.840. The summed E-state index contributed by atoms with van der Waals surface area (Å²) in [6.45, 7) is 5.10. The van der Waals surface area contributed by atoms with Gasteiger partial charge < -0.3 is 15.2 Å². The van der Waals surface area contributed by atoms with Crippen molar-refractivity contribution < 1.29 is 9.84 Å². The SMILES string of the molecule is CNC1(CO)CCCC1CCOc1cc(C)ccc1C. The lowest BCUT2D eigenvalue weighted by Gasteiger charge is -2.33. The highest BCUT2D eigenvalue weighted by molar-refractivity contribution is 5.35. The summed E-state index contributed by atoms with van der Waals surface area (Å²) in [5.74, 6) is 1.49. The second kappa shape index (κ2) is 6.59. The van der Waals surface area contributed by atoms with Gasteiger partial charge in [-0.15, -0.1) is 0 Å². The zero-order valence-corrected chi connectivity index (χ0v) is 12.9. The lowest BCUT2D eigenvalue weighted by molar-refractivity contribution is 0.117. The first-order valence-electron chi connectivity index (χ1n) is 7.61. The molecule has 2 atom stereocenters. The van der Waals surface area contributed by atoms with Crippen molar-refractivity contribution in [3.05, 3.63) is 29.3 Å². The van der Waals surface area contributed by atoms with Crippen LogP contribution in [0.5, 0.6) is 5.75 Å². The molecule has 0 heterocycles. The maximum absolute atomic E-state index is 9.68. The molecule has 20 heavy (non-hydrogen) atoms. The third-order valence-corrected chi connectivity index (χ3v) is 4.80. The summed E-state index contributed by atoms with van der Waals surface area (Å²) in [4.78, 5) is 0. The van der Waals surface area contributed by atoms with E-state index in [-0.39, 0.29) is 12.1 Å². The number of rotatable bonds is 6. The molecule has 112 valence electrons. The van der Waals surface area contributed by atoms with Crippen LogP contribution in [-0.2, 0) is 0 Å². The molecule has 3 nitrogen and oxygen atoms in total. The average Bonchev–Trinajstić information content (AvgIpc) is 2.86. The van der Waals surface area contributed by atoms with Crippen molar-refractivity contribution in [1.29, 1.82) is 0 Å². The molecule has 1 aromatic rings. The highest BCUT2D eigenvalue weighted by Gasteiger charge is 2.40. The molecular formula is C17H27NO2. The third kappa shape index (κ3) is 3.15. The Bertz CT molecular complexity index is 441. The number of hydrogen-bond donors (Lipinski definition) is 2. The molecule has 1 aliphatic rings. The van der Waals surface area contributed by atoms with Crippen molar-refractivity contribution >= 4 is 0 Å². The van der Waals surface area contributed by atoms with Crippen LogP contribution in [0.2, 0.25) is 0 Å². The molecule has 1 fully saturated rings. The first kappa shape index (κ1) is 15.3. The van der Waals surface area contributed by atoms with E-state index in [1.807, 2.05) is 7.05 Å². The second-order valence-electron chi connectivity index (χ2n) is 6.06. The minimum Gasteiger partial charge on any atom is -0.493 e. The summed E-state index contributed by atoms with van der Waals surface area (Å²) in [5, 5.41) is 13.0. The van der Waals surface area contributed by atoms with Crippen molar-refractivity contribution in [3.8, 4) is 5.75 Å². The summed E-state index contributed by atoms with van der Waals surface area (Å²) in [7, 11) is 1.96. The number of likely N-dealkylation sites (N-methyl/N-ethyl adjacent to an activating group) is 1. The van der Waals surface area contributed by atoms with Crippen LogP contribution in [-0.4, -0.2) is 30.9 Å². The number of aliphatic hydroxyl groups is 1. The van der Waals surface area contributed by atoms with Gasteiger partial charge in [0.1, 0.15) is 5.75 Å². The number of aryl methyl sites for hydroxylation is 2. The van der Waals surface area contributed by atoms with E-state index >= 15 is 0 Å². The summed E-state index contributed by atoms with van der Waals surface area (Å²) < 4.78 is 5.95. The number of benzene rings is 1. The fourth-order valence-electron chi connectivity index (χ4n) is 3.36. The molecule has 0 bridgehead atoms. The minimum absolute atomic E-state index is 0.0923. The van der Waals surface area contributed by atoms with Crippen LogP contribution < -0.4 is 10.1 Å². The molecule has 2 rings (SSSR count). The Hall–Kier alpha value is -1.06. The van der Waals surface area contributed by atoms with Crippen LogP contribution in [0.25, 0.3) is 0 Å². The topological polar surface area (TPSA) is 41.5 Å². The lowest BCUT2D eigenvalue weighted by Crippen LogP contribution is -2.49. The highest BCUT2D eigenvalue weighted by atomic mass is 16.5. The molecule has 1 aromatic carbocycles. The van der Waals surface area contributed by atoms with Gasteiger partial charge in [-0.3, -0.25) is 0 Å². The highest BCUT2D eigenvalue weighted by Crippen LogP contribution is 2.37. The van der Waals surface area contributed by atoms with Crippen LogP contribution >= 0.6 is 0 Å². The monoisotopic (exact) mass is 277 g/mol. The maximum Gasteiger partial charge on any atom is 0.122 e. The molecule has 0 spiro atoms. The van der Waals surface area contributed by atoms with Crippen LogP contribution in [0.3, 0.4) is 0 Å². The Balaban J connectivity index is 1.91. The first-order valence-corrected chi connectivity index (χ1v) is 7.61. The summed E-state index contributed by atoms with van der Waals surface area (Å²) >= 11 is 0. The van der Waals surface area contributed by atoms with Gasteiger partial charge in [0.2, 0.25) is 0 Å². The predicted octanol–water partition coefficient (Wildman–Crippen LogP) is 2.82. The van der Waals surface area contributed by atoms with E-state index in [4.69, 9.17) is 4.74 Å². The Labute approximate surface area is 122 Å². The van der Waals surface area contributed by atoms with Gasteiger partial charge in [0, 0.05) is 5.54 Å². The van der Waals surface area contributed by atoms with E-state index < -0.39 is 0 Å². The molecule has 0 radical (unpaired) electrons. The fourth-order valence-corrected chi connectivity index (χ4v) is 3.36. The summed E-state index contributed by atoms with van der Waals surface area (Å²) in [5.41, 5.74) is 2.32. The van der Waals surface area contributed by atoms with Crippen molar-refractivity contribution in [2.45, 2.75) is 45.1 Å². The summed E-state index contributed by atoms with van der Waals surface area (Å²) in [6.07, 6.45) is 4.43. The summed E-state index contributed by atoms with van der Waals surface area (Å²) in [6, 6.07) is 6.31. The van der Waals surface area contributed by atoms with Gasteiger partial charge in [-0.25, -0.2) is 0 Å². The van der Waals surface area contributed by atoms with Crippen LogP contribution in [0.1, 0.15) is 36.8 Å². The Morgan fingerprint density at radius 3 is 2.90 bits per heavy atom. The maximum atomic E-state index is 9.68. The van der Waals surface area contributed by atoms with Crippen molar-refractivity contribution in [2.75, 3.05) is 20.3 Å².